The number of nitrogens with one attached hydrogen (secondary N) is 1. The minimum atomic E-state index is -0.770. The summed E-state index contributed by atoms with van der Waals surface area (Å²) in [7, 11) is 1.31. The first-order chi connectivity index (χ1) is 12.1. The number of carbonyl (C=O) groups is 2. The van der Waals surface area contributed by atoms with Crippen molar-refractivity contribution in [2.45, 2.75) is 19.4 Å². The van der Waals surface area contributed by atoms with Crippen LogP contribution in [-0.4, -0.2) is 34.4 Å². The molecule has 0 radical (unpaired) electrons. The average molecular weight is 337 g/mol. The molecule has 0 spiro atoms. The number of rotatable bonds is 5. The maximum Gasteiger partial charge on any atom is 0.328 e. The van der Waals surface area contributed by atoms with Crippen molar-refractivity contribution >= 4 is 17.5 Å². The highest BCUT2D eigenvalue weighted by Crippen LogP contribution is 2.13. The van der Waals surface area contributed by atoms with Crippen LogP contribution in [-0.2, 0) is 16.0 Å². The fourth-order valence-corrected chi connectivity index (χ4v) is 2.80. The van der Waals surface area contributed by atoms with Crippen LogP contribution in [0.4, 0.5) is 0 Å². The van der Waals surface area contributed by atoms with Gasteiger partial charge in [-0.1, -0.05) is 36.4 Å². The van der Waals surface area contributed by atoms with Crippen molar-refractivity contribution in [2.24, 2.45) is 0 Å². The number of amides is 1. The minimum Gasteiger partial charge on any atom is -0.467 e. The van der Waals surface area contributed by atoms with Crippen molar-refractivity contribution in [3.05, 3.63) is 71.7 Å². The summed E-state index contributed by atoms with van der Waals surface area (Å²) in [5.74, 6) is -0.841. The molecule has 1 atom stereocenters. The van der Waals surface area contributed by atoms with E-state index < -0.39 is 12.0 Å². The first kappa shape index (κ1) is 16.7. The molecule has 128 valence electrons. The van der Waals surface area contributed by atoms with Crippen LogP contribution < -0.4 is 5.32 Å². The second-order valence-electron chi connectivity index (χ2n) is 5.71. The van der Waals surface area contributed by atoms with Gasteiger partial charge >= 0.3 is 5.97 Å². The zero-order valence-electron chi connectivity index (χ0n) is 14.1. The number of pyridine rings is 1. The summed E-state index contributed by atoms with van der Waals surface area (Å²) >= 11 is 0. The Balaban J connectivity index is 1.87. The monoisotopic (exact) mass is 337 g/mol. The summed E-state index contributed by atoms with van der Waals surface area (Å²) in [5.41, 5.74) is 2.64. The zero-order chi connectivity index (χ0) is 17.8. The van der Waals surface area contributed by atoms with Crippen LogP contribution in [0.3, 0.4) is 0 Å². The summed E-state index contributed by atoms with van der Waals surface area (Å²) in [6.45, 7) is 1.77. The van der Waals surface area contributed by atoms with E-state index in [1.54, 1.807) is 17.5 Å². The highest BCUT2D eigenvalue weighted by Gasteiger charge is 2.25. The number of fused-ring (bicyclic) bond motifs is 1. The molecule has 6 nitrogen and oxygen atoms in total. The van der Waals surface area contributed by atoms with Crippen molar-refractivity contribution in [3.63, 3.8) is 0 Å². The van der Waals surface area contributed by atoms with E-state index in [9.17, 15) is 9.59 Å². The number of imidazole rings is 1. The quantitative estimate of drug-likeness (QED) is 0.724. The number of ether oxygens (including phenoxy) is 1. The second kappa shape index (κ2) is 7.17. The number of benzene rings is 1. The Morgan fingerprint density at radius 2 is 1.88 bits per heavy atom. The lowest BCUT2D eigenvalue weighted by molar-refractivity contribution is -0.142. The lowest BCUT2D eigenvalue weighted by atomic mass is 10.1. The molecule has 0 aliphatic heterocycles. The Hall–Kier alpha value is -3.15. The number of hydrogen-bond donors (Lipinski definition) is 1. The molecule has 1 amide bonds. The summed E-state index contributed by atoms with van der Waals surface area (Å²) < 4.78 is 6.55. The van der Waals surface area contributed by atoms with Crippen molar-refractivity contribution in [1.82, 2.24) is 14.7 Å². The van der Waals surface area contributed by atoms with Gasteiger partial charge < -0.3 is 10.1 Å². The molecular weight excluding hydrogens is 318 g/mol. The molecule has 0 aliphatic rings. The van der Waals surface area contributed by atoms with Crippen molar-refractivity contribution in [1.29, 1.82) is 0 Å². The Morgan fingerprint density at radius 1 is 1.16 bits per heavy atom. The summed E-state index contributed by atoms with van der Waals surface area (Å²) in [5, 5.41) is 2.78. The van der Waals surface area contributed by atoms with Gasteiger partial charge in [-0.05, 0) is 24.6 Å². The van der Waals surface area contributed by atoms with Gasteiger partial charge in [0.15, 0.2) is 0 Å². The molecule has 1 aromatic carbocycles. The Labute approximate surface area is 145 Å². The van der Waals surface area contributed by atoms with Gasteiger partial charge in [0.1, 0.15) is 17.4 Å². The molecule has 2 heterocycles. The average Bonchev–Trinajstić information content (AvgIpc) is 2.97. The van der Waals surface area contributed by atoms with E-state index in [1.165, 1.54) is 7.11 Å². The molecule has 2 aromatic heterocycles. The van der Waals surface area contributed by atoms with Gasteiger partial charge in [0.2, 0.25) is 0 Å². The SMILES string of the molecule is COC(=O)C(Cc1ccccc1)NC(=O)c1c(C)nc2ccccn12. The van der Waals surface area contributed by atoms with Crippen LogP contribution in [0.1, 0.15) is 21.7 Å². The number of hydrogen-bond acceptors (Lipinski definition) is 4. The molecule has 3 aromatic rings. The first-order valence-corrected chi connectivity index (χ1v) is 7.96. The maximum atomic E-state index is 12.8. The van der Waals surface area contributed by atoms with Crippen LogP contribution in [0.15, 0.2) is 54.7 Å². The Bertz CT molecular complexity index is 903. The van der Waals surface area contributed by atoms with Crippen molar-refractivity contribution in [3.8, 4) is 0 Å². The van der Waals surface area contributed by atoms with Gasteiger partial charge in [0.25, 0.3) is 5.91 Å². The topological polar surface area (TPSA) is 72.7 Å². The number of methoxy groups -OCH3 is 1. The molecule has 3 rings (SSSR count). The number of carbonyl (C=O) groups excluding carboxylic acids is 2. The fraction of sp³-hybridized carbons (Fsp3) is 0.211. The summed E-state index contributed by atoms with van der Waals surface area (Å²) in [6.07, 6.45) is 2.13. The van der Waals surface area contributed by atoms with Gasteiger partial charge in [-0.3, -0.25) is 9.20 Å². The largest absolute Gasteiger partial charge is 0.467 e. The third kappa shape index (κ3) is 3.52. The van der Waals surface area contributed by atoms with E-state index >= 15 is 0 Å². The molecule has 0 saturated heterocycles. The Kier molecular flexibility index (Phi) is 4.79. The smallest absolute Gasteiger partial charge is 0.328 e. The molecule has 1 unspecified atom stereocenters. The zero-order valence-corrected chi connectivity index (χ0v) is 14.1. The third-order valence-corrected chi connectivity index (χ3v) is 3.99. The van der Waals surface area contributed by atoms with Crippen LogP contribution in [0.5, 0.6) is 0 Å². The highest BCUT2D eigenvalue weighted by atomic mass is 16.5. The van der Waals surface area contributed by atoms with E-state index in [1.807, 2.05) is 48.5 Å². The number of esters is 1. The lowest BCUT2D eigenvalue weighted by Crippen LogP contribution is -2.43. The normalized spacial score (nSPS) is 11.9. The Morgan fingerprint density at radius 3 is 2.60 bits per heavy atom. The summed E-state index contributed by atoms with van der Waals surface area (Å²) in [4.78, 5) is 29.3. The number of aryl methyl sites for hydroxylation is 1. The molecule has 25 heavy (non-hydrogen) atoms. The maximum absolute atomic E-state index is 12.8. The summed E-state index contributed by atoms with van der Waals surface area (Å²) in [6, 6.07) is 14.2. The standard InChI is InChI=1S/C19H19N3O3/c1-13-17(22-11-7-6-10-16(22)20-13)18(23)21-15(19(24)25-2)12-14-8-4-3-5-9-14/h3-11,15H,12H2,1-2H3,(H,21,23). The van der Waals surface area contributed by atoms with E-state index in [4.69, 9.17) is 4.74 Å². The predicted octanol–water partition coefficient (Wildman–Crippen LogP) is 2.16. The van der Waals surface area contributed by atoms with Gasteiger partial charge in [0.05, 0.1) is 12.8 Å². The molecular formula is C19H19N3O3. The van der Waals surface area contributed by atoms with Crippen LogP contribution in [0, 0.1) is 6.92 Å². The molecule has 0 aliphatic carbocycles. The van der Waals surface area contributed by atoms with E-state index in [0.29, 0.717) is 23.5 Å². The van der Waals surface area contributed by atoms with Gasteiger partial charge in [-0.15, -0.1) is 0 Å². The van der Waals surface area contributed by atoms with Crippen molar-refractivity contribution < 1.29 is 14.3 Å². The fourth-order valence-electron chi connectivity index (χ4n) is 2.80. The van der Waals surface area contributed by atoms with Crippen LogP contribution >= 0.6 is 0 Å². The van der Waals surface area contributed by atoms with E-state index in [-0.39, 0.29) is 5.91 Å². The highest BCUT2D eigenvalue weighted by molar-refractivity contribution is 5.97. The minimum absolute atomic E-state index is 0.356. The molecule has 6 heteroatoms. The van der Waals surface area contributed by atoms with Gasteiger partial charge in [-0.25, -0.2) is 9.78 Å². The van der Waals surface area contributed by atoms with Crippen LogP contribution in [0.2, 0.25) is 0 Å². The number of aromatic nitrogens is 2. The van der Waals surface area contributed by atoms with Crippen molar-refractivity contribution in [2.75, 3.05) is 7.11 Å². The molecule has 1 N–H and O–H groups in total. The van der Waals surface area contributed by atoms with Gasteiger partial charge in [-0.2, -0.15) is 0 Å². The molecule has 0 bridgehead atoms. The molecule has 0 saturated carbocycles. The number of nitrogens with zero attached hydrogens (tertiary/aromatic N) is 2. The third-order valence-electron chi connectivity index (χ3n) is 3.99. The van der Waals surface area contributed by atoms with E-state index in [0.717, 1.165) is 5.56 Å². The van der Waals surface area contributed by atoms with E-state index in [2.05, 4.69) is 10.3 Å². The lowest BCUT2D eigenvalue weighted by Gasteiger charge is -2.16. The molecule has 0 fully saturated rings. The second-order valence-corrected chi connectivity index (χ2v) is 5.71. The first-order valence-electron chi connectivity index (χ1n) is 7.96. The van der Waals surface area contributed by atoms with Crippen LogP contribution in [0.25, 0.3) is 5.65 Å². The predicted molar refractivity (Wildman–Crippen MR) is 93.3 cm³/mol. The van der Waals surface area contributed by atoms with Gasteiger partial charge in [0, 0.05) is 12.6 Å².